The van der Waals surface area contributed by atoms with Crippen molar-refractivity contribution in [2.45, 2.75) is 24.2 Å². The minimum Gasteiger partial charge on any atom is -0.227 e. The zero-order chi connectivity index (χ0) is 17.1. The third-order valence-corrected chi connectivity index (χ3v) is 4.95. The molecule has 0 aliphatic carbocycles. The lowest BCUT2D eigenvalue weighted by Gasteiger charge is -2.04. The minimum absolute atomic E-state index is 0.649. The lowest BCUT2D eigenvalue weighted by Crippen LogP contribution is -2.02. The second-order valence-electron chi connectivity index (χ2n) is 5.86. The Labute approximate surface area is 150 Å². The molecule has 124 valence electrons. The molecule has 0 fully saturated rings. The average molecular weight is 347 g/mol. The SMILES string of the molecule is Cc1cccc(CSc2ncnc3c2nnn3Cc2ccccc2)c1. The summed E-state index contributed by atoms with van der Waals surface area (Å²) in [6, 6.07) is 18.7. The molecule has 5 nitrogen and oxygen atoms in total. The van der Waals surface area contributed by atoms with Gasteiger partial charge in [0.1, 0.15) is 11.4 Å². The van der Waals surface area contributed by atoms with Gasteiger partial charge in [-0.05, 0) is 18.1 Å². The maximum atomic E-state index is 4.40. The Morgan fingerprint density at radius 1 is 0.960 bits per heavy atom. The Hall–Kier alpha value is -2.73. The Balaban J connectivity index is 1.58. The lowest BCUT2D eigenvalue weighted by atomic mass is 10.2. The minimum atomic E-state index is 0.649. The summed E-state index contributed by atoms with van der Waals surface area (Å²) in [4.78, 5) is 8.78. The van der Waals surface area contributed by atoms with E-state index >= 15 is 0 Å². The monoisotopic (exact) mass is 347 g/mol. The van der Waals surface area contributed by atoms with Gasteiger partial charge in [-0.15, -0.1) is 5.10 Å². The molecule has 0 spiro atoms. The average Bonchev–Trinajstić information content (AvgIpc) is 3.04. The molecule has 0 unspecified atom stereocenters. The highest BCUT2D eigenvalue weighted by Crippen LogP contribution is 2.26. The van der Waals surface area contributed by atoms with Crippen molar-refractivity contribution in [3.05, 3.63) is 77.6 Å². The van der Waals surface area contributed by atoms with E-state index in [2.05, 4.69) is 63.6 Å². The van der Waals surface area contributed by atoms with E-state index in [1.807, 2.05) is 22.9 Å². The quantitative estimate of drug-likeness (QED) is 0.405. The first-order valence-corrected chi connectivity index (χ1v) is 9.04. The van der Waals surface area contributed by atoms with Gasteiger partial charge in [-0.1, -0.05) is 77.1 Å². The van der Waals surface area contributed by atoms with Crippen LogP contribution in [0.4, 0.5) is 0 Å². The maximum absolute atomic E-state index is 4.40. The fourth-order valence-electron chi connectivity index (χ4n) is 2.69. The predicted molar refractivity (Wildman–Crippen MR) is 99.4 cm³/mol. The van der Waals surface area contributed by atoms with Gasteiger partial charge in [0.2, 0.25) is 0 Å². The standard InChI is InChI=1S/C19H17N5S/c1-14-6-5-9-16(10-14)12-25-19-17-18(20-13-21-19)24(23-22-17)11-15-7-3-2-4-8-15/h2-10,13H,11-12H2,1H3. The molecule has 0 bridgehead atoms. The molecule has 0 aliphatic heterocycles. The normalized spacial score (nSPS) is 11.1. The van der Waals surface area contributed by atoms with E-state index in [1.54, 1.807) is 18.1 Å². The number of thioether (sulfide) groups is 1. The van der Waals surface area contributed by atoms with Gasteiger partial charge in [-0.2, -0.15) is 0 Å². The van der Waals surface area contributed by atoms with Crippen molar-refractivity contribution in [3.8, 4) is 0 Å². The summed E-state index contributed by atoms with van der Waals surface area (Å²) < 4.78 is 1.82. The Kier molecular flexibility index (Phi) is 4.43. The fraction of sp³-hybridized carbons (Fsp3) is 0.158. The van der Waals surface area contributed by atoms with Crippen LogP contribution in [0.1, 0.15) is 16.7 Å². The second kappa shape index (κ2) is 7.03. The van der Waals surface area contributed by atoms with Crippen molar-refractivity contribution < 1.29 is 0 Å². The van der Waals surface area contributed by atoms with Crippen LogP contribution in [0, 0.1) is 6.92 Å². The van der Waals surface area contributed by atoms with Gasteiger partial charge < -0.3 is 0 Å². The summed E-state index contributed by atoms with van der Waals surface area (Å²) in [6.45, 7) is 2.75. The van der Waals surface area contributed by atoms with Crippen LogP contribution in [0.5, 0.6) is 0 Å². The zero-order valence-electron chi connectivity index (χ0n) is 13.8. The van der Waals surface area contributed by atoms with E-state index in [0.717, 1.165) is 21.9 Å². The van der Waals surface area contributed by atoms with Gasteiger partial charge in [-0.25, -0.2) is 14.6 Å². The van der Waals surface area contributed by atoms with Crippen LogP contribution in [0.15, 0.2) is 66.0 Å². The zero-order valence-corrected chi connectivity index (χ0v) is 14.6. The van der Waals surface area contributed by atoms with Crippen LogP contribution in [0.2, 0.25) is 0 Å². The molecule has 25 heavy (non-hydrogen) atoms. The first kappa shape index (κ1) is 15.8. The highest BCUT2D eigenvalue weighted by Gasteiger charge is 2.12. The van der Waals surface area contributed by atoms with Gasteiger partial charge >= 0.3 is 0 Å². The molecule has 0 amide bonds. The van der Waals surface area contributed by atoms with Crippen LogP contribution in [0.25, 0.3) is 11.2 Å². The van der Waals surface area contributed by atoms with E-state index in [4.69, 9.17) is 0 Å². The lowest BCUT2D eigenvalue weighted by molar-refractivity contribution is 0.664. The summed E-state index contributed by atoms with van der Waals surface area (Å²) in [6.07, 6.45) is 1.59. The fourth-order valence-corrected chi connectivity index (χ4v) is 3.57. The molecule has 0 aliphatic rings. The number of aryl methyl sites for hydroxylation is 1. The predicted octanol–water partition coefficient (Wildman–Crippen LogP) is 3.87. The van der Waals surface area contributed by atoms with Crippen LogP contribution in [-0.4, -0.2) is 25.0 Å². The smallest absolute Gasteiger partial charge is 0.183 e. The second-order valence-corrected chi connectivity index (χ2v) is 6.83. The van der Waals surface area contributed by atoms with Crippen LogP contribution in [-0.2, 0) is 12.3 Å². The maximum Gasteiger partial charge on any atom is 0.183 e. The van der Waals surface area contributed by atoms with E-state index < -0.39 is 0 Å². The summed E-state index contributed by atoms with van der Waals surface area (Å²) in [7, 11) is 0. The number of benzene rings is 2. The highest BCUT2D eigenvalue weighted by atomic mass is 32.2. The Morgan fingerprint density at radius 2 is 1.80 bits per heavy atom. The van der Waals surface area contributed by atoms with E-state index in [0.29, 0.717) is 6.54 Å². The number of nitrogens with zero attached hydrogens (tertiary/aromatic N) is 5. The van der Waals surface area contributed by atoms with Crippen LogP contribution < -0.4 is 0 Å². The molecule has 4 aromatic rings. The Bertz CT molecular complexity index is 997. The number of hydrogen-bond donors (Lipinski definition) is 0. The van der Waals surface area contributed by atoms with Crippen molar-refractivity contribution >= 4 is 22.9 Å². The summed E-state index contributed by atoms with van der Waals surface area (Å²) in [5.74, 6) is 0.847. The summed E-state index contributed by atoms with van der Waals surface area (Å²) in [5.41, 5.74) is 5.23. The molecule has 6 heteroatoms. The molecule has 0 atom stereocenters. The van der Waals surface area contributed by atoms with E-state index in [-0.39, 0.29) is 0 Å². The Morgan fingerprint density at radius 3 is 2.64 bits per heavy atom. The van der Waals surface area contributed by atoms with E-state index in [1.165, 1.54) is 16.7 Å². The van der Waals surface area contributed by atoms with Gasteiger partial charge in [0.05, 0.1) is 6.54 Å². The first-order chi connectivity index (χ1) is 12.3. The molecule has 2 aromatic heterocycles. The van der Waals surface area contributed by atoms with Crippen molar-refractivity contribution in [3.63, 3.8) is 0 Å². The van der Waals surface area contributed by atoms with Crippen molar-refractivity contribution in [2.75, 3.05) is 0 Å². The molecule has 2 heterocycles. The van der Waals surface area contributed by atoms with Crippen molar-refractivity contribution in [1.82, 2.24) is 25.0 Å². The highest BCUT2D eigenvalue weighted by molar-refractivity contribution is 7.98. The van der Waals surface area contributed by atoms with Gasteiger partial charge in [0.15, 0.2) is 11.2 Å². The number of hydrogen-bond acceptors (Lipinski definition) is 5. The molecular formula is C19H17N5S. The molecular weight excluding hydrogens is 330 g/mol. The summed E-state index contributed by atoms with van der Waals surface area (Å²) >= 11 is 1.66. The third-order valence-electron chi connectivity index (χ3n) is 3.90. The number of rotatable bonds is 5. The van der Waals surface area contributed by atoms with Gasteiger partial charge in [0, 0.05) is 5.75 Å². The van der Waals surface area contributed by atoms with Crippen LogP contribution in [0.3, 0.4) is 0 Å². The van der Waals surface area contributed by atoms with Crippen molar-refractivity contribution in [2.24, 2.45) is 0 Å². The van der Waals surface area contributed by atoms with Crippen molar-refractivity contribution in [1.29, 1.82) is 0 Å². The van der Waals surface area contributed by atoms with Gasteiger partial charge in [-0.3, -0.25) is 0 Å². The van der Waals surface area contributed by atoms with E-state index in [9.17, 15) is 0 Å². The largest absolute Gasteiger partial charge is 0.227 e. The molecule has 2 aromatic carbocycles. The molecule has 0 saturated carbocycles. The van der Waals surface area contributed by atoms with Gasteiger partial charge in [0.25, 0.3) is 0 Å². The summed E-state index contributed by atoms with van der Waals surface area (Å²) in [5, 5.41) is 9.45. The first-order valence-electron chi connectivity index (χ1n) is 8.06. The third kappa shape index (κ3) is 3.53. The topological polar surface area (TPSA) is 56.5 Å². The molecule has 0 saturated heterocycles. The molecule has 0 radical (unpaired) electrons. The molecule has 4 rings (SSSR count). The molecule has 0 N–H and O–H groups in total. The van der Waals surface area contributed by atoms with Crippen LogP contribution >= 0.6 is 11.8 Å². The number of fused-ring (bicyclic) bond motifs is 1. The number of aromatic nitrogens is 5.